The minimum Gasteiger partial charge on any atom is -0.388 e. The zero-order chi connectivity index (χ0) is 9.52. The predicted molar refractivity (Wildman–Crippen MR) is 50.3 cm³/mol. The molecule has 0 aliphatic carbocycles. The molecule has 13 heavy (non-hydrogen) atoms. The summed E-state index contributed by atoms with van der Waals surface area (Å²) >= 11 is 0. The van der Waals surface area contributed by atoms with Crippen molar-refractivity contribution in [1.29, 1.82) is 0 Å². The molecule has 0 bridgehead atoms. The normalized spacial score (nSPS) is 12.8. The number of methoxy groups -OCH3 is 1. The zero-order valence-corrected chi connectivity index (χ0v) is 7.81. The Morgan fingerprint density at radius 1 is 1.62 bits per heavy atom. The van der Waals surface area contributed by atoms with Crippen molar-refractivity contribution in [3.05, 3.63) is 30.1 Å². The van der Waals surface area contributed by atoms with Crippen LogP contribution in [0.5, 0.6) is 0 Å². The maximum Gasteiger partial charge on any atom is 0.0805 e. The minimum atomic E-state index is -0.413. The zero-order valence-electron chi connectivity index (χ0n) is 7.81. The lowest BCUT2D eigenvalue weighted by molar-refractivity contribution is 0.136. The van der Waals surface area contributed by atoms with Crippen LogP contribution in [0.3, 0.4) is 0 Å². The van der Waals surface area contributed by atoms with Crippen molar-refractivity contribution in [2.24, 2.45) is 0 Å². The van der Waals surface area contributed by atoms with E-state index in [2.05, 4.69) is 4.98 Å². The van der Waals surface area contributed by atoms with Crippen molar-refractivity contribution in [2.45, 2.75) is 18.9 Å². The number of aromatic nitrogens is 1. The average molecular weight is 181 g/mol. The third kappa shape index (κ3) is 3.53. The first-order chi connectivity index (χ1) is 6.34. The molecule has 72 valence electrons. The molecule has 0 saturated carbocycles. The molecule has 0 amide bonds. The van der Waals surface area contributed by atoms with Crippen LogP contribution >= 0.6 is 0 Å². The first kappa shape index (κ1) is 10.2. The van der Waals surface area contributed by atoms with Gasteiger partial charge in [-0.1, -0.05) is 6.07 Å². The van der Waals surface area contributed by atoms with E-state index in [1.807, 2.05) is 12.1 Å². The van der Waals surface area contributed by atoms with Gasteiger partial charge in [-0.3, -0.25) is 4.98 Å². The van der Waals surface area contributed by atoms with Gasteiger partial charge in [-0.15, -0.1) is 0 Å². The van der Waals surface area contributed by atoms with E-state index in [9.17, 15) is 5.11 Å². The summed E-state index contributed by atoms with van der Waals surface area (Å²) < 4.78 is 4.90. The smallest absolute Gasteiger partial charge is 0.0805 e. The van der Waals surface area contributed by atoms with Gasteiger partial charge in [-0.2, -0.15) is 0 Å². The van der Waals surface area contributed by atoms with E-state index in [4.69, 9.17) is 4.74 Å². The molecule has 1 aromatic rings. The molecule has 1 rings (SSSR count). The van der Waals surface area contributed by atoms with Gasteiger partial charge >= 0.3 is 0 Å². The van der Waals surface area contributed by atoms with Crippen LogP contribution in [-0.2, 0) is 4.74 Å². The standard InChI is InChI=1S/C10H15NO2/c1-13-7-3-5-10(12)9-4-2-6-11-8-9/h2,4,6,8,10,12H,3,5,7H2,1H3. The van der Waals surface area contributed by atoms with Crippen LogP contribution in [-0.4, -0.2) is 23.8 Å². The number of aliphatic hydroxyl groups excluding tert-OH is 1. The van der Waals surface area contributed by atoms with Gasteiger partial charge in [0.2, 0.25) is 0 Å². The molecule has 0 spiro atoms. The van der Waals surface area contributed by atoms with Gasteiger partial charge < -0.3 is 9.84 Å². The number of ether oxygens (including phenoxy) is 1. The molecule has 1 heterocycles. The molecular formula is C10H15NO2. The van der Waals surface area contributed by atoms with E-state index in [1.165, 1.54) is 0 Å². The van der Waals surface area contributed by atoms with Crippen molar-refractivity contribution >= 4 is 0 Å². The highest BCUT2D eigenvalue weighted by Gasteiger charge is 2.05. The number of hydrogen-bond donors (Lipinski definition) is 1. The molecule has 0 fully saturated rings. The average Bonchev–Trinajstić information content (AvgIpc) is 2.19. The summed E-state index contributed by atoms with van der Waals surface area (Å²) in [6.45, 7) is 0.692. The van der Waals surface area contributed by atoms with Gasteiger partial charge in [0, 0.05) is 26.1 Å². The first-order valence-corrected chi connectivity index (χ1v) is 4.41. The van der Waals surface area contributed by atoms with Crippen molar-refractivity contribution < 1.29 is 9.84 Å². The highest BCUT2D eigenvalue weighted by Crippen LogP contribution is 2.16. The monoisotopic (exact) mass is 181 g/mol. The van der Waals surface area contributed by atoms with Crippen LogP contribution in [0.4, 0.5) is 0 Å². The van der Waals surface area contributed by atoms with E-state index in [1.54, 1.807) is 19.5 Å². The van der Waals surface area contributed by atoms with Gasteiger partial charge in [-0.05, 0) is 24.5 Å². The van der Waals surface area contributed by atoms with Crippen LogP contribution in [0.25, 0.3) is 0 Å². The molecular weight excluding hydrogens is 166 g/mol. The van der Waals surface area contributed by atoms with Crippen molar-refractivity contribution in [3.8, 4) is 0 Å². The lowest BCUT2D eigenvalue weighted by atomic mass is 10.1. The summed E-state index contributed by atoms with van der Waals surface area (Å²) in [5, 5.41) is 9.65. The summed E-state index contributed by atoms with van der Waals surface area (Å²) in [5.74, 6) is 0. The number of pyridine rings is 1. The van der Waals surface area contributed by atoms with Gasteiger partial charge in [0.1, 0.15) is 0 Å². The van der Waals surface area contributed by atoms with E-state index < -0.39 is 6.10 Å². The number of nitrogens with zero attached hydrogens (tertiary/aromatic N) is 1. The summed E-state index contributed by atoms with van der Waals surface area (Å²) in [5.41, 5.74) is 0.874. The molecule has 1 aromatic heterocycles. The van der Waals surface area contributed by atoms with Gasteiger partial charge in [-0.25, -0.2) is 0 Å². The van der Waals surface area contributed by atoms with Gasteiger partial charge in [0.05, 0.1) is 6.10 Å². The van der Waals surface area contributed by atoms with Crippen molar-refractivity contribution in [1.82, 2.24) is 4.98 Å². The second-order valence-corrected chi connectivity index (χ2v) is 2.94. The Morgan fingerprint density at radius 3 is 3.08 bits per heavy atom. The molecule has 1 atom stereocenters. The van der Waals surface area contributed by atoms with E-state index in [0.29, 0.717) is 6.61 Å². The lowest BCUT2D eigenvalue weighted by Gasteiger charge is -2.09. The Hall–Kier alpha value is -0.930. The molecule has 0 saturated heterocycles. The molecule has 0 aromatic carbocycles. The second-order valence-electron chi connectivity index (χ2n) is 2.94. The summed E-state index contributed by atoms with van der Waals surface area (Å²) in [6.07, 6.45) is 4.57. The fourth-order valence-corrected chi connectivity index (χ4v) is 1.16. The summed E-state index contributed by atoms with van der Waals surface area (Å²) in [7, 11) is 1.66. The maximum atomic E-state index is 9.65. The molecule has 0 aliphatic heterocycles. The van der Waals surface area contributed by atoms with Crippen LogP contribution in [0.1, 0.15) is 24.5 Å². The fraction of sp³-hybridized carbons (Fsp3) is 0.500. The Morgan fingerprint density at radius 2 is 2.46 bits per heavy atom. The van der Waals surface area contributed by atoms with Gasteiger partial charge in [0.15, 0.2) is 0 Å². The van der Waals surface area contributed by atoms with Crippen molar-refractivity contribution in [3.63, 3.8) is 0 Å². The molecule has 1 unspecified atom stereocenters. The van der Waals surface area contributed by atoms with E-state index >= 15 is 0 Å². The molecule has 3 nitrogen and oxygen atoms in total. The fourth-order valence-electron chi connectivity index (χ4n) is 1.16. The van der Waals surface area contributed by atoms with Crippen LogP contribution in [0, 0.1) is 0 Å². The maximum absolute atomic E-state index is 9.65. The summed E-state index contributed by atoms with van der Waals surface area (Å²) in [4.78, 5) is 3.94. The summed E-state index contributed by atoms with van der Waals surface area (Å²) in [6, 6.07) is 3.71. The van der Waals surface area contributed by atoms with Crippen LogP contribution in [0.2, 0.25) is 0 Å². The van der Waals surface area contributed by atoms with E-state index in [0.717, 1.165) is 18.4 Å². The highest BCUT2D eigenvalue weighted by atomic mass is 16.5. The SMILES string of the molecule is COCCCC(O)c1cccnc1. The quantitative estimate of drug-likeness (QED) is 0.701. The van der Waals surface area contributed by atoms with Gasteiger partial charge in [0.25, 0.3) is 0 Å². The highest BCUT2D eigenvalue weighted by molar-refractivity contribution is 5.11. The van der Waals surface area contributed by atoms with Crippen molar-refractivity contribution in [2.75, 3.05) is 13.7 Å². The molecule has 0 radical (unpaired) electrons. The Balaban J connectivity index is 2.35. The van der Waals surface area contributed by atoms with E-state index in [-0.39, 0.29) is 0 Å². The number of rotatable bonds is 5. The van der Waals surface area contributed by atoms with Crippen LogP contribution < -0.4 is 0 Å². The molecule has 0 aliphatic rings. The topological polar surface area (TPSA) is 42.4 Å². The largest absolute Gasteiger partial charge is 0.388 e. The molecule has 3 heteroatoms. The Labute approximate surface area is 78.4 Å². The minimum absolute atomic E-state index is 0.413. The number of hydrogen-bond acceptors (Lipinski definition) is 3. The van der Waals surface area contributed by atoms with Crippen LogP contribution in [0.15, 0.2) is 24.5 Å². The second kappa shape index (κ2) is 5.67. The third-order valence-corrected chi connectivity index (χ3v) is 1.90. The Kier molecular flexibility index (Phi) is 4.43. The predicted octanol–water partition coefficient (Wildman–Crippen LogP) is 1.54. The Bertz CT molecular complexity index is 226. The molecule has 1 N–H and O–H groups in total. The lowest BCUT2D eigenvalue weighted by Crippen LogP contribution is -1.99. The first-order valence-electron chi connectivity index (χ1n) is 4.41. The number of aliphatic hydroxyl groups is 1. The third-order valence-electron chi connectivity index (χ3n) is 1.90.